The van der Waals surface area contributed by atoms with E-state index in [1.165, 1.54) is 5.56 Å². The molecule has 2 heterocycles. The van der Waals surface area contributed by atoms with E-state index in [0.29, 0.717) is 5.15 Å². The van der Waals surface area contributed by atoms with Crippen LogP contribution in [0.15, 0.2) is 53.7 Å². The van der Waals surface area contributed by atoms with Gasteiger partial charge in [0.05, 0.1) is 10.5 Å². The number of fused-ring (bicyclic) bond motifs is 1. The molecule has 0 saturated heterocycles. The predicted molar refractivity (Wildman–Crippen MR) is 85.3 cm³/mol. The normalized spacial score (nSPS) is 10.9. The van der Waals surface area contributed by atoms with E-state index in [-0.39, 0.29) is 0 Å². The number of halogens is 1. The van der Waals surface area contributed by atoms with Gasteiger partial charge in [-0.25, -0.2) is 9.97 Å². The average Bonchev–Trinajstić information content (AvgIpc) is 2.46. The molecule has 2 nitrogen and oxygen atoms in total. The van der Waals surface area contributed by atoms with E-state index in [4.69, 9.17) is 11.6 Å². The van der Waals surface area contributed by atoms with Gasteiger partial charge in [-0.1, -0.05) is 29.8 Å². The van der Waals surface area contributed by atoms with Crippen molar-refractivity contribution in [3.05, 3.63) is 64.9 Å². The Morgan fingerprint density at radius 1 is 1.15 bits per heavy atom. The summed E-state index contributed by atoms with van der Waals surface area (Å²) in [5, 5.41) is 2.69. The smallest absolute Gasteiger partial charge is 0.133 e. The standard InChI is InChI=1S/C16H13ClN2S/c1-11-5-6-12-9-13(16(17)19-14(12)8-11)10-20-15-4-2-3-7-18-15/h2-9H,10H2,1H3. The second-order valence-corrected chi connectivity index (χ2v) is 5.94. The van der Waals surface area contributed by atoms with Crippen molar-refractivity contribution in [2.45, 2.75) is 17.7 Å². The van der Waals surface area contributed by atoms with Crippen LogP contribution in [0.2, 0.25) is 5.15 Å². The van der Waals surface area contributed by atoms with Gasteiger partial charge in [-0.3, -0.25) is 0 Å². The summed E-state index contributed by atoms with van der Waals surface area (Å²) in [6.07, 6.45) is 1.80. The lowest BCUT2D eigenvalue weighted by molar-refractivity contribution is 1.13. The molecule has 0 aliphatic rings. The third-order valence-electron chi connectivity index (χ3n) is 3.01. The highest BCUT2D eigenvalue weighted by atomic mass is 35.5. The molecule has 0 bridgehead atoms. The molecule has 1 aromatic carbocycles. The molecule has 0 aliphatic carbocycles. The summed E-state index contributed by atoms with van der Waals surface area (Å²) in [4.78, 5) is 8.78. The number of thioether (sulfide) groups is 1. The first kappa shape index (κ1) is 13.4. The maximum Gasteiger partial charge on any atom is 0.133 e. The number of aromatic nitrogens is 2. The number of hydrogen-bond donors (Lipinski definition) is 0. The zero-order valence-electron chi connectivity index (χ0n) is 11.0. The van der Waals surface area contributed by atoms with Crippen molar-refractivity contribution in [1.29, 1.82) is 0 Å². The number of rotatable bonds is 3. The minimum Gasteiger partial charge on any atom is -0.250 e. The number of nitrogens with zero attached hydrogens (tertiary/aromatic N) is 2. The predicted octanol–water partition coefficient (Wildman–Crippen LogP) is 4.88. The van der Waals surface area contributed by atoms with Gasteiger partial charge in [0, 0.05) is 22.9 Å². The van der Waals surface area contributed by atoms with Gasteiger partial charge < -0.3 is 0 Å². The highest BCUT2D eigenvalue weighted by Crippen LogP contribution is 2.27. The Hall–Kier alpha value is -1.58. The lowest BCUT2D eigenvalue weighted by atomic mass is 10.1. The largest absolute Gasteiger partial charge is 0.250 e. The van der Waals surface area contributed by atoms with Crippen molar-refractivity contribution >= 4 is 34.3 Å². The fourth-order valence-corrected chi connectivity index (χ4v) is 3.11. The monoisotopic (exact) mass is 300 g/mol. The first-order chi connectivity index (χ1) is 9.72. The molecule has 3 aromatic rings. The Labute approximate surface area is 127 Å². The van der Waals surface area contributed by atoms with Gasteiger partial charge in [-0.2, -0.15) is 0 Å². The molecule has 0 N–H and O–H groups in total. The van der Waals surface area contributed by atoms with Crippen LogP contribution in [-0.2, 0) is 5.75 Å². The minimum absolute atomic E-state index is 0.575. The molecule has 0 saturated carbocycles. The third-order valence-corrected chi connectivity index (χ3v) is 4.33. The molecule has 0 unspecified atom stereocenters. The summed E-state index contributed by atoms with van der Waals surface area (Å²) in [7, 11) is 0. The zero-order chi connectivity index (χ0) is 13.9. The average molecular weight is 301 g/mol. The number of aryl methyl sites for hydroxylation is 1. The van der Waals surface area contributed by atoms with E-state index in [9.17, 15) is 0 Å². The molecule has 0 atom stereocenters. The molecule has 0 amide bonds. The van der Waals surface area contributed by atoms with Crippen LogP contribution in [0.1, 0.15) is 11.1 Å². The van der Waals surface area contributed by atoms with Crippen molar-refractivity contribution in [2.24, 2.45) is 0 Å². The molecule has 0 radical (unpaired) electrons. The summed E-state index contributed by atoms with van der Waals surface area (Å²) in [5.41, 5.74) is 3.18. The summed E-state index contributed by atoms with van der Waals surface area (Å²) in [6, 6.07) is 14.2. The van der Waals surface area contributed by atoms with E-state index in [1.54, 1.807) is 18.0 Å². The van der Waals surface area contributed by atoms with Gasteiger partial charge in [0.2, 0.25) is 0 Å². The van der Waals surface area contributed by atoms with Crippen LogP contribution in [0, 0.1) is 6.92 Å². The van der Waals surface area contributed by atoms with E-state index >= 15 is 0 Å². The number of benzene rings is 1. The second kappa shape index (κ2) is 5.81. The second-order valence-electron chi connectivity index (χ2n) is 4.59. The Balaban J connectivity index is 1.88. The van der Waals surface area contributed by atoms with Gasteiger partial charge >= 0.3 is 0 Å². The van der Waals surface area contributed by atoms with Crippen molar-refractivity contribution in [3.63, 3.8) is 0 Å². The summed E-state index contributed by atoms with van der Waals surface area (Å²) < 4.78 is 0. The van der Waals surface area contributed by atoms with Crippen LogP contribution < -0.4 is 0 Å². The van der Waals surface area contributed by atoms with E-state index in [1.807, 2.05) is 18.2 Å². The molecule has 0 fully saturated rings. The van der Waals surface area contributed by atoms with E-state index in [2.05, 4.69) is 41.2 Å². The molecular weight excluding hydrogens is 288 g/mol. The molecule has 3 rings (SSSR count). The quantitative estimate of drug-likeness (QED) is 0.509. The number of pyridine rings is 2. The van der Waals surface area contributed by atoms with Crippen LogP contribution >= 0.6 is 23.4 Å². The molecule has 20 heavy (non-hydrogen) atoms. The lowest BCUT2D eigenvalue weighted by Crippen LogP contribution is -1.90. The summed E-state index contributed by atoms with van der Waals surface area (Å²) >= 11 is 7.94. The van der Waals surface area contributed by atoms with Gasteiger partial charge in [0.1, 0.15) is 5.15 Å². The van der Waals surface area contributed by atoms with Gasteiger partial charge in [0.25, 0.3) is 0 Å². The first-order valence-electron chi connectivity index (χ1n) is 6.32. The van der Waals surface area contributed by atoms with Crippen molar-refractivity contribution in [2.75, 3.05) is 0 Å². The molecular formula is C16H13ClN2S. The third kappa shape index (κ3) is 2.94. The first-order valence-corrected chi connectivity index (χ1v) is 7.68. The highest BCUT2D eigenvalue weighted by Gasteiger charge is 2.06. The van der Waals surface area contributed by atoms with Gasteiger partial charge in [-0.15, -0.1) is 11.8 Å². The lowest BCUT2D eigenvalue weighted by Gasteiger charge is -2.06. The van der Waals surface area contributed by atoms with Crippen LogP contribution in [0.3, 0.4) is 0 Å². The number of hydrogen-bond acceptors (Lipinski definition) is 3. The van der Waals surface area contributed by atoms with Gasteiger partial charge in [0.15, 0.2) is 0 Å². The van der Waals surface area contributed by atoms with Crippen molar-refractivity contribution < 1.29 is 0 Å². The Morgan fingerprint density at radius 2 is 2.05 bits per heavy atom. The Kier molecular flexibility index (Phi) is 3.90. The van der Waals surface area contributed by atoms with Crippen LogP contribution in [0.4, 0.5) is 0 Å². The highest BCUT2D eigenvalue weighted by molar-refractivity contribution is 7.98. The summed E-state index contributed by atoms with van der Waals surface area (Å²) in [5.74, 6) is 0.770. The SMILES string of the molecule is Cc1ccc2cc(CSc3ccccn3)c(Cl)nc2c1. The maximum absolute atomic E-state index is 6.28. The van der Waals surface area contributed by atoms with Gasteiger partial charge in [-0.05, 0) is 36.8 Å². The fourth-order valence-electron chi connectivity index (χ4n) is 1.98. The van der Waals surface area contributed by atoms with Crippen LogP contribution in [-0.4, -0.2) is 9.97 Å². The molecule has 4 heteroatoms. The molecule has 0 aliphatic heterocycles. The zero-order valence-corrected chi connectivity index (χ0v) is 12.6. The van der Waals surface area contributed by atoms with Crippen LogP contribution in [0.5, 0.6) is 0 Å². The fraction of sp³-hybridized carbons (Fsp3) is 0.125. The summed E-state index contributed by atoms with van der Waals surface area (Å²) in [6.45, 7) is 2.06. The van der Waals surface area contributed by atoms with Crippen molar-refractivity contribution in [1.82, 2.24) is 9.97 Å². The van der Waals surface area contributed by atoms with Crippen molar-refractivity contribution in [3.8, 4) is 0 Å². The molecule has 100 valence electrons. The van der Waals surface area contributed by atoms with E-state index < -0.39 is 0 Å². The van der Waals surface area contributed by atoms with E-state index in [0.717, 1.165) is 27.2 Å². The Morgan fingerprint density at radius 3 is 2.85 bits per heavy atom. The molecule has 2 aromatic heterocycles. The topological polar surface area (TPSA) is 25.8 Å². The Bertz CT molecular complexity index is 744. The maximum atomic E-state index is 6.28. The van der Waals surface area contributed by atoms with Crippen LogP contribution in [0.25, 0.3) is 10.9 Å². The molecule has 0 spiro atoms. The minimum atomic E-state index is 0.575.